The van der Waals surface area contributed by atoms with Crippen molar-refractivity contribution in [2.45, 2.75) is 88.5 Å². The Morgan fingerprint density at radius 3 is 1.82 bits per heavy atom. The molecule has 0 aromatic rings. The third-order valence-electron chi connectivity index (χ3n) is 4.79. The first kappa shape index (κ1) is 21.5. The van der Waals surface area contributed by atoms with Gasteiger partial charge in [-0.25, -0.2) is 0 Å². The molecule has 2 unspecified atom stereocenters. The molecule has 0 aromatic carbocycles. The van der Waals surface area contributed by atoms with Crippen LogP contribution in [0.1, 0.15) is 88.5 Å². The molecule has 0 saturated carbocycles. The SMILES string of the molecule is CC(C)CCC(C)(C(=O)OCC(C)CC(C)(C)C)C(C)(C)C. The van der Waals surface area contributed by atoms with E-state index in [4.69, 9.17) is 4.74 Å². The Balaban J connectivity index is 4.79. The Morgan fingerprint density at radius 1 is 0.955 bits per heavy atom. The first-order valence-corrected chi connectivity index (χ1v) is 8.86. The van der Waals surface area contributed by atoms with Crippen molar-refractivity contribution >= 4 is 5.97 Å². The van der Waals surface area contributed by atoms with E-state index in [-0.39, 0.29) is 16.8 Å². The van der Waals surface area contributed by atoms with Crippen molar-refractivity contribution in [3.05, 3.63) is 0 Å². The highest BCUT2D eigenvalue weighted by atomic mass is 16.5. The fourth-order valence-electron chi connectivity index (χ4n) is 2.84. The number of esters is 1. The predicted molar refractivity (Wildman–Crippen MR) is 95.8 cm³/mol. The summed E-state index contributed by atoms with van der Waals surface area (Å²) in [5.74, 6) is 0.981. The Morgan fingerprint density at radius 2 is 1.45 bits per heavy atom. The Bertz CT molecular complexity index is 344. The van der Waals surface area contributed by atoms with Crippen molar-refractivity contribution in [1.29, 1.82) is 0 Å². The molecular formula is C20H40O2. The summed E-state index contributed by atoms with van der Waals surface area (Å²) in [6.45, 7) is 22.3. The molecule has 0 aromatic heterocycles. The highest BCUT2D eigenvalue weighted by Crippen LogP contribution is 2.44. The van der Waals surface area contributed by atoms with Gasteiger partial charge in [-0.15, -0.1) is 0 Å². The molecule has 22 heavy (non-hydrogen) atoms. The normalized spacial score (nSPS) is 17.2. The molecule has 0 rings (SSSR count). The monoisotopic (exact) mass is 312 g/mol. The van der Waals surface area contributed by atoms with Gasteiger partial charge in [-0.2, -0.15) is 0 Å². The molecule has 0 aliphatic heterocycles. The largest absolute Gasteiger partial charge is 0.465 e. The fraction of sp³-hybridized carbons (Fsp3) is 0.950. The summed E-state index contributed by atoms with van der Waals surface area (Å²) >= 11 is 0. The quantitative estimate of drug-likeness (QED) is 0.532. The van der Waals surface area contributed by atoms with E-state index < -0.39 is 5.41 Å². The van der Waals surface area contributed by atoms with Crippen LogP contribution >= 0.6 is 0 Å². The van der Waals surface area contributed by atoms with Crippen LogP contribution in [0.3, 0.4) is 0 Å². The molecule has 0 bridgehead atoms. The number of hydrogen-bond donors (Lipinski definition) is 0. The summed E-state index contributed by atoms with van der Waals surface area (Å²) in [5.41, 5.74) is -0.234. The van der Waals surface area contributed by atoms with Gasteiger partial charge in [0.15, 0.2) is 0 Å². The van der Waals surface area contributed by atoms with E-state index in [0.717, 1.165) is 19.3 Å². The van der Waals surface area contributed by atoms with Gasteiger partial charge in [0.1, 0.15) is 0 Å². The van der Waals surface area contributed by atoms with Gasteiger partial charge in [0.05, 0.1) is 12.0 Å². The maximum absolute atomic E-state index is 12.8. The number of carbonyl (C=O) groups excluding carboxylic acids is 1. The second-order valence-corrected chi connectivity index (χ2v) is 9.98. The van der Waals surface area contributed by atoms with Crippen LogP contribution in [0.15, 0.2) is 0 Å². The molecule has 2 atom stereocenters. The average molecular weight is 313 g/mol. The van der Waals surface area contributed by atoms with Crippen LogP contribution < -0.4 is 0 Å². The lowest BCUT2D eigenvalue weighted by Gasteiger charge is -2.40. The van der Waals surface area contributed by atoms with Crippen LogP contribution in [0.5, 0.6) is 0 Å². The Kier molecular flexibility index (Phi) is 7.65. The number of carbonyl (C=O) groups is 1. The van der Waals surface area contributed by atoms with E-state index in [9.17, 15) is 4.79 Å². The molecule has 2 nitrogen and oxygen atoms in total. The first-order chi connectivity index (χ1) is 9.69. The number of ether oxygens (including phenoxy) is 1. The molecule has 0 aliphatic rings. The lowest BCUT2D eigenvalue weighted by atomic mass is 9.65. The smallest absolute Gasteiger partial charge is 0.312 e. The minimum Gasteiger partial charge on any atom is -0.465 e. The molecule has 132 valence electrons. The van der Waals surface area contributed by atoms with Crippen molar-refractivity contribution in [2.24, 2.45) is 28.1 Å². The molecule has 0 fully saturated rings. The fourth-order valence-corrected chi connectivity index (χ4v) is 2.84. The van der Waals surface area contributed by atoms with Crippen molar-refractivity contribution in [3.8, 4) is 0 Å². The molecule has 0 N–H and O–H groups in total. The average Bonchev–Trinajstić information content (AvgIpc) is 2.29. The van der Waals surface area contributed by atoms with E-state index in [1.54, 1.807) is 0 Å². The Labute approximate surface area is 139 Å². The second kappa shape index (κ2) is 7.84. The van der Waals surface area contributed by atoms with Crippen LogP contribution in [0.2, 0.25) is 0 Å². The van der Waals surface area contributed by atoms with E-state index in [0.29, 0.717) is 18.4 Å². The topological polar surface area (TPSA) is 26.3 Å². The number of hydrogen-bond acceptors (Lipinski definition) is 2. The van der Waals surface area contributed by atoms with Crippen molar-refractivity contribution < 1.29 is 9.53 Å². The van der Waals surface area contributed by atoms with Gasteiger partial charge in [0.25, 0.3) is 0 Å². The van der Waals surface area contributed by atoms with E-state index in [1.807, 2.05) is 0 Å². The molecule has 0 heterocycles. The molecule has 0 amide bonds. The van der Waals surface area contributed by atoms with E-state index >= 15 is 0 Å². The molecule has 0 aliphatic carbocycles. The molecule has 0 saturated heterocycles. The summed E-state index contributed by atoms with van der Waals surface area (Å²) in [5, 5.41) is 0. The maximum Gasteiger partial charge on any atom is 0.312 e. The zero-order valence-corrected chi connectivity index (χ0v) is 16.8. The van der Waals surface area contributed by atoms with Crippen molar-refractivity contribution in [1.82, 2.24) is 0 Å². The van der Waals surface area contributed by atoms with Crippen molar-refractivity contribution in [2.75, 3.05) is 6.61 Å². The van der Waals surface area contributed by atoms with Crippen LogP contribution in [0, 0.1) is 28.1 Å². The third kappa shape index (κ3) is 7.15. The zero-order chi connectivity index (χ0) is 17.8. The highest BCUT2D eigenvalue weighted by Gasteiger charge is 2.45. The summed E-state index contributed by atoms with van der Waals surface area (Å²) in [6.07, 6.45) is 3.01. The van der Waals surface area contributed by atoms with Gasteiger partial charge in [0, 0.05) is 0 Å². The van der Waals surface area contributed by atoms with E-state index in [2.05, 4.69) is 69.2 Å². The second-order valence-electron chi connectivity index (χ2n) is 9.98. The minimum absolute atomic E-state index is 0.0265. The Hall–Kier alpha value is -0.530. The third-order valence-corrected chi connectivity index (χ3v) is 4.79. The first-order valence-electron chi connectivity index (χ1n) is 8.86. The summed E-state index contributed by atoms with van der Waals surface area (Å²) in [6, 6.07) is 0. The van der Waals surface area contributed by atoms with Crippen LogP contribution in [-0.4, -0.2) is 12.6 Å². The molecule has 2 heteroatoms. The van der Waals surface area contributed by atoms with Crippen LogP contribution in [-0.2, 0) is 9.53 Å². The molecular weight excluding hydrogens is 272 g/mol. The summed E-state index contributed by atoms with van der Waals surface area (Å²) in [4.78, 5) is 12.8. The van der Waals surface area contributed by atoms with Gasteiger partial charge in [0.2, 0.25) is 0 Å². The van der Waals surface area contributed by atoms with Gasteiger partial charge < -0.3 is 4.74 Å². The number of rotatable bonds is 7. The van der Waals surface area contributed by atoms with Crippen molar-refractivity contribution in [3.63, 3.8) is 0 Å². The van der Waals surface area contributed by atoms with Crippen LogP contribution in [0.25, 0.3) is 0 Å². The van der Waals surface area contributed by atoms with Gasteiger partial charge in [-0.1, -0.05) is 62.3 Å². The molecule has 0 radical (unpaired) electrons. The standard InChI is InChI=1S/C20H40O2/c1-15(2)11-12-20(10,19(7,8)9)17(21)22-14-16(3)13-18(4,5)6/h15-16H,11-14H2,1-10H3. The van der Waals surface area contributed by atoms with E-state index in [1.165, 1.54) is 0 Å². The highest BCUT2D eigenvalue weighted by molar-refractivity contribution is 5.77. The summed E-state index contributed by atoms with van der Waals surface area (Å²) < 4.78 is 5.73. The van der Waals surface area contributed by atoms with Gasteiger partial charge >= 0.3 is 5.97 Å². The zero-order valence-electron chi connectivity index (χ0n) is 16.8. The predicted octanol–water partition coefficient (Wildman–Crippen LogP) is 6.09. The molecule has 0 spiro atoms. The van der Waals surface area contributed by atoms with Gasteiger partial charge in [-0.3, -0.25) is 4.79 Å². The minimum atomic E-state index is -0.418. The van der Waals surface area contributed by atoms with Gasteiger partial charge in [-0.05, 0) is 48.9 Å². The van der Waals surface area contributed by atoms with Crippen LogP contribution in [0.4, 0.5) is 0 Å². The lowest BCUT2D eigenvalue weighted by Crippen LogP contribution is -2.42. The lowest BCUT2D eigenvalue weighted by molar-refractivity contribution is -0.164. The summed E-state index contributed by atoms with van der Waals surface area (Å²) in [7, 11) is 0. The maximum atomic E-state index is 12.8.